The Morgan fingerprint density at radius 1 is 1.42 bits per heavy atom. The minimum Gasteiger partial charge on any atom is -0.361 e. The van der Waals surface area contributed by atoms with E-state index in [1.165, 1.54) is 11.3 Å². The quantitative estimate of drug-likeness (QED) is 0.815. The molecule has 0 unspecified atom stereocenters. The number of aryl methyl sites for hydroxylation is 2. The lowest BCUT2D eigenvalue weighted by Gasteiger charge is -2.15. The van der Waals surface area contributed by atoms with E-state index in [-0.39, 0.29) is 11.8 Å². The number of hydrogen-bond donors (Lipinski definition) is 1. The van der Waals surface area contributed by atoms with Crippen molar-refractivity contribution in [1.82, 2.24) is 15.4 Å². The lowest BCUT2D eigenvalue weighted by molar-refractivity contribution is -0.127. The summed E-state index contributed by atoms with van der Waals surface area (Å²) in [5.41, 5.74) is 1.79. The van der Waals surface area contributed by atoms with Gasteiger partial charge < -0.3 is 14.7 Å². The molecule has 1 fully saturated rings. The number of carbonyl (C=O) groups is 2. The van der Waals surface area contributed by atoms with Gasteiger partial charge in [-0.2, -0.15) is 0 Å². The first kappa shape index (κ1) is 16.7. The Kier molecular flexibility index (Phi) is 4.99. The highest BCUT2D eigenvalue weighted by Gasteiger charge is 2.19. The largest absolute Gasteiger partial charge is 0.361 e. The van der Waals surface area contributed by atoms with E-state index >= 15 is 0 Å². The van der Waals surface area contributed by atoms with Crippen molar-refractivity contribution in [2.75, 3.05) is 19.6 Å². The zero-order valence-electron chi connectivity index (χ0n) is 13.9. The topological polar surface area (TPSA) is 75.4 Å². The Bertz CT molecular complexity index is 731. The van der Waals surface area contributed by atoms with Crippen molar-refractivity contribution in [3.8, 4) is 10.4 Å². The van der Waals surface area contributed by atoms with E-state index in [4.69, 9.17) is 4.52 Å². The second-order valence-corrected chi connectivity index (χ2v) is 7.04. The fraction of sp³-hybridized carbons (Fsp3) is 0.471. The summed E-state index contributed by atoms with van der Waals surface area (Å²) >= 11 is 1.43. The van der Waals surface area contributed by atoms with Crippen molar-refractivity contribution in [2.24, 2.45) is 0 Å². The van der Waals surface area contributed by atoms with Gasteiger partial charge in [0.2, 0.25) is 5.91 Å². The maximum Gasteiger partial charge on any atom is 0.261 e. The molecule has 1 saturated heterocycles. The second-order valence-electron chi connectivity index (χ2n) is 5.96. The van der Waals surface area contributed by atoms with Crippen molar-refractivity contribution < 1.29 is 14.1 Å². The Morgan fingerprint density at radius 3 is 2.92 bits per heavy atom. The molecule has 0 saturated carbocycles. The number of carbonyl (C=O) groups excluding carboxylic acids is 2. The smallest absolute Gasteiger partial charge is 0.261 e. The van der Waals surface area contributed by atoms with Crippen molar-refractivity contribution in [1.29, 1.82) is 0 Å². The van der Waals surface area contributed by atoms with Gasteiger partial charge >= 0.3 is 0 Å². The van der Waals surface area contributed by atoms with Gasteiger partial charge in [0.05, 0.1) is 16.1 Å². The van der Waals surface area contributed by atoms with Crippen LogP contribution in [0.4, 0.5) is 0 Å². The third kappa shape index (κ3) is 3.51. The number of amides is 2. The molecule has 2 aromatic rings. The molecular formula is C17H21N3O3S. The molecule has 2 aromatic heterocycles. The molecule has 6 nitrogen and oxygen atoms in total. The van der Waals surface area contributed by atoms with Crippen LogP contribution < -0.4 is 5.32 Å². The number of nitrogens with one attached hydrogen (secondary N) is 1. The van der Waals surface area contributed by atoms with Crippen molar-refractivity contribution in [2.45, 2.75) is 33.1 Å². The van der Waals surface area contributed by atoms with Gasteiger partial charge in [0.1, 0.15) is 5.76 Å². The third-order valence-corrected chi connectivity index (χ3v) is 5.27. The second kappa shape index (κ2) is 7.17. The molecule has 1 aliphatic heterocycles. The SMILES string of the molecule is Cc1noc(C)c1-c1ccc(C(=O)NCCCN2CCCC2=O)s1. The van der Waals surface area contributed by atoms with Crippen molar-refractivity contribution in [3.05, 3.63) is 28.5 Å². The van der Waals surface area contributed by atoms with E-state index in [1.54, 1.807) is 0 Å². The average molecular weight is 347 g/mol. The van der Waals surface area contributed by atoms with E-state index < -0.39 is 0 Å². The average Bonchev–Trinajstić information content (AvgIpc) is 3.25. The van der Waals surface area contributed by atoms with Crippen LogP contribution in [0, 0.1) is 13.8 Å². The van der Waals surface area contributed by atoms with E-state index in [0.717, 1.165) is 41.3 Å². The minimum absolute atomic E-state index is 0.0780. The van der Waals surface area contributed by atoms with Gasteiger partial charge in [0, 0.05) is 30.9 Å². The number of rotatable bonds is 6. The van der Waals surface area contributed by atoms with Crippen LogP contribution in [-0.2, 0) is 4.79 Å². The number of hydrogen-bond acceptors (Lipinski definition) is 5. The molecule has 0 aromatic carbocycles. The van der Waals surface area contributed by atoms with Crippen LogP contribution >= 0.6 is 11.3 Å². The summed E-state index contributed by atoms with van der Waals surface area (Å²) in [4.78, 5) is 27.3. The van der Waals surface area contributed by atoms with Gasteiger partial charge in [-0.05, 0) is 38.8 Å². The van der Waals surface area contributed by atoms with E-state index in [1.807, 2.05) is 30.9 Å². The fourth-order valence-electron chi connectivity index (χ4n) is 2.93. The monoisotopic (exact) mass is 347 g/mol. The highest BCUT2D eigenvalue weighted by molar-refractivity contribution is 7.17. The zero-order valence-corrected chi connectivity index (χ0v) is 14.7. The Balaban J connectivity index is 1.52. The number of nitrogens with zero attached hydrogens (tertiary/aromatic N) is 2. The fourth-order valence-corrected chi connectivity index (χ4v) is 4.00. The minimum atomic E-state index is -0.0780. The molecule has 3 heterocycles. The van der Waals surface area contributed by atoms with Crippen molar-refractivity contribution >= 4 is 23.2 Å². The van der Waals surface area contributed by atoms with E-state index in [0.29, 0.717) is 24.4 Å². The number of aromatic nitrogens is 1. The Hall–Kier alpha value is -2.15. The maximum atomic E-state index is 12.2. The van der Waals surface area contributed by atoms with Crippen LogP contribution in [0.5, 0.6) is 0 Å². The standard InChI is InChI=1S/C17H21N3O3S/c1-11-16(12(2)23-19-11)13-6-7-14(24-13)17(22)18-8-4-10-20-9-3-5-15(20)21/h6-7H,3-5,8-10H2,1-2H3,(H,18,22). The lowest BCUT2D eigenvalue weighted by atomic mass is 10.2. The highest BCUT2D eigenvalue weighted by atomic mass is 32.1. The van der Waals surface area contributed by atoms with Crippen LogP contribution in [0.3, 0.4) is 0 Å². The molecule has 2 amide bonds. The summed E-state index contributed by atoms with van der Waals surface area (Å²) in [5.74, 6) is 0.908. The van der Waals surface area contributed by atoms with E-state index in [2.05, 4.69) is 10.5 Å². The number of likely N-dealkylation sites (tertiary alicyclic amines) is 1. The molecule has 0 spiro atoms. The maximum absolute atomic E-state index is 12.2. The van der Waals surface area contributed by atoms with Crippen LogP contribution in [-0.4, -0.2) is 41.5 Å². The normalized spacial score (nSPS) is 14.4. The lowest BCUT2D eigenvalue weighted by Crippen LogP contribution is -2.30. The molecular weight excluding hydrogens is 326 g/mol. The van der Waals surface area contributed by atoms with Gasteiger partial charge in [-0.1, -0.05) is 5.16 Å². The van der Waals surface area contributed by atoms with Gasteiger partial charge in [0.25, 0.3) is 5.91 Å². The van der Waals surface area contributed by atoms with Gasteiger partial charge in [0.15, 0.2) is 0 Å². The molecule has 24 heavy (non-hydrogen) atoms. The Labute approximate surface area is 144 Å². The summed E-state index contributed by atoms with van der Waals surface area (Å²) in [6, 6.07) is 3.75. The summed E-state index contributed by atoms with van der Waals surface area (Å²) < 4.78 is 5.18. The van der Waals surface area contributed by atoms with Gasteiger partial charge in [-0.3, -0.25) is 9.59 Å². The molecule has 0 atom stereocenters. The van der Waals surface area contributed by atoms with E-state index in [9.17, 15) is 9.59 Å². The summed E-state index contributed by atoms with van der Waals surface area (Å²) in [6.45, 7) is 5.90. The highest BCUT2D eigenvalue weighted by Crippen LogP contribution is 2.32. The van der Waals surface area contributed by atoms with Gasteiger partial charge in [-0.25, -0.2) is 0 Å². The van der Waals surface area contributed by atoms with Crippen LogP contribution in [0.1, 0.15) is 40.4 Å². The van der Waals surface area contributed by atoms with Crippen LogP contribution in [0.15, 0.2) is 16.7 Å². The molecule has 0 bridgehead atoms. The molecule has 1 N–H and O–H groups in total. The predicted octanol–water partition coefficient (Wildman–Crippen LogP) is 2.76. The first-order valence-corrected chi connectivity index (χ1v) is 8.97. The molecule has 1 aliphatic rings. The summed E-state index contributed by atoms with van der Waals surface area (Å²) in [5, 5.41) is 6.87. The summed E-state index contributed by atoms with van der Waals surface area (Å²) in [6.07, 6.45) is 2.39. The summed E-state index contributed by atoms with van der Waals surface area (Å²) in [7, 11) is 0. The molecule has 0 radical (unpaired) electrons. The first-order chi connectivity index (χ1) is 11.6. The third-order valence-electron chi connectivity index (χ3n) is 4.17. The molecule has 7 heteroatoms. The van der Waals surface area contributed by atoms with Crippen LogP contribution in [0.2, 0.25) is 0 Å². The van der Waals surface area contributed by atoms with Crippen LogP contribution in [0.25, 0.3) is 10.4 Å². The molecule has 3 rings (SSSR count). The van der Waals surface area contributed by atoms with Crippen molar-refractivity contribution in [3.63, 3.8) is 0 Å². The Morgan fingerprint density at radius 2 is 2.25 bits per heavy atom. The van der Waals surface area contributed by atoms with Gasteiger partial charge in [-0.15, -0.1) is 11.3 Å². The number of thiophene rings is 1. The first-order valence-electron chi connectivity index (χ1n) is 8.15. The molecule has 128 valence electrons. The predicted molar refractivity (Wildman–Crippen MR) is 92.1 cm³/mol. The molecule has 0 aliphatic carbocycles. The zero-order chi connectivity index (χ0) is 17.1.